The van der Waals surface area contributed by atoms with Gasteiger partial charge in [-0.25, -0.2) is 0 Å². The molecule has 3 aromatic carbocycles. The predicted molar refractivity (Wildman–Crippen MR) is 115 cm³/mol. The molecule has 4 rings (SSSR count). The summed E-state index contributed by atoms with van der Waals surface area (Å²) in [6.07, 6.45) is 0.157. The third-order valence-electron chi connectivity index (χ3n) is 5.47. The number of aromatic hydroxyl groups is 1. The number of nitrogens with one attached hydrogen (secondary N) is 1. The number of rotatable bonds is 4. The van der Waals surface area contributed by atoms with E-state index in [1.165, 1.54) is 0 Å². The number of carbonyl (C=O) groups is 1. The Kier molecular flexibility index (Phi) is 5.51. The number of phenols is 1. The topological polar surface area (TPSA) is 61.8 Å². The van der Waals surface area contributed by atoms with Crippen molar-refractivity contribution in [2.45, 2.75) is 26.5 Å². The van der Waals surface area contributed by atoms with Crippen molar-refractivity contribution in [2.24, 2.45) is 0 Å². The monoisotopic (exact) mass is 390 g/mol. The first-order valence-electron chi connectivity index (χ1n) is 9.97. The molecular formula is C24H26N2O3. The van der Waals surface area contributed by atoms with Crippen molar-refractivity contribution >= 4 is 22.4 Å². The molecule has 29 heavy (non-hydrogen) atoms. The number of aryl methyl sites for hydroxylation is 1. The highest BCUT2D eigenvalue weighted by Crippen LogP contribution is 2.33. The van der Waals surface area contributed by atoms with Gasteiger partial charge in [-0.1, -0.05) is 42.5 Å². The van der Waals surface area contributed by atoms with E-state index in [1.807, 2.05) is 55.5 Å². The van der Waals surface area contributed by atoms with Gasteiger partial charge in [-0.05, 0) is 42.3 Å². The first-order valence-corrected chi connectivity index (χ1v) is 9.97. The molecule has 0 spiro atoms. The third-order valence-corrected chi connectivity index (χ3v) is 5.47. The van der Waals surface area contributed by atoms with E-state index in [1.54, 1.807) is 6.07 Å². The van der Waals surface area contributed by atoms with Crippen molar-refractivity contribution in [3.63, 3.8) is 0 Å². The maximum Gasteiger partial charge on any atom is 0.259 e. The van der Waals surface area contributed by atoms with Gasteiger partial charge in [0, 0.05) is 30.9 Å². The molecule has 0 bridgehead atoms. The van der Waals surface area contributed by atoms with Gasteiger partial charge in [0.25, 0.3) is 5.91 Å². The summed E-state index contributed by atoms with van der Waals surface area (Å²) in [6.45, 7) is 6.85. The van der Waals surface area contributed by atoms with E-state index in [4.69, 9.17) is 4.74 Å². The van der Waals surface area contributed by atoms with Crippen molar-refractivity contribution < 1.29 is 14.6 Å². The fourth-order valence-electron chi connectivity index (χ4n) is 3.91. The van der Waals surface area contributed by atoms with E-state index in [2.05, 4.69) is 17.1 Å². The summed E-state index contributed by atoms with van der Waals surface area (Å²) in [7, 11) is 0. The Balaban J connectivity index is 1.72. The summed E-state index contributed by atoms with van der Waals surface area (Å²) in [5.74, 6) is -0.256. The van der Waals surface area contributed by atoms with Crippen molar-refractivity contribution in [3.8, 4) is 5.75 Å². The number of fused-ring (bicyclic) bond motifs is 1. The third kappa shape index (κ3) is 4.11. The first kappa shape index (κ1) is 19.4. The van der Waals surface area contributed by atoms with Crippen molar-refractivity contribution in [3.05, 3.63) is 71.3 Å². The van der Waals surface area contributed by atoms with Crippen LogP contribution in [0, 0.1) is 6.92 Å². The molecule has 0 radical (unpaired) electrons. The lowest BCUT2D eigenvalue weighted by atomic mass is 9.98. The highest BCUT2D eigenvalue weighted by Gasteiger charge is 2.23. The first-order chi connectivity index (χ1) is 14.0. The minimum atomic E-state index is -0.306. The van der Waals surface area contributed by atoms with Crippen LogP contribution in [0.25, 0.3) is 10.8 Å². The largest absolute Gasteiger partial charge is 0.507 e. The quantitative estimate of drug-likeness (QED) is 0.696. The fraction of sp³-hybridized carbons (Fsp3) is 0.292. The molecule has 1 aliphatic heterocycles. The number of carbonyl (C=O) groups excluding carboxylic acids is 1. The second-order valence-electron chi connectivity index (χ2n) is 7.66. The van der Waals surface area contributed by atoms with Gasteiger partial charge in [0.15, 0.2) is 0 Å². The van der Waals surface area contributed by atoms with Crippen LogP contribution in [0.15, 0.2) is 54.6 Å². The number of ether oxygens (including phenoxy) is 1. The smallest absolute Gasteiger partial charge is 0.259 e. The van der Waals surface area contributed by atoms with Gasteiger partial charge in [0.05, 0.1) is 18.3 Å². The lowest BCUT2D eigenvalue weighted by Crippen LogP contribution is -2.40. The lowest BCUT2D eigenvalue weighted by Gasteiger charge is -2.31. The zero-order valence-electron chi connectivity index (χ0n) is 16.8. The predicted octanol–water partition coefficient (Wildman–Crippen LogP) is 4.33. The van der Waals surface area contributed by atoms with Gasteiger partial charge in [0.1, 0.15) is 5.75 Å². The summed E-state index contributed by atoms with van der Waals surface area (Å²) in [4.78, 5) is 15.3. The van der Waals surface area contributed by atoms with Crippen LogP contribution in [0.5, 0.6) is 5.75 Å². The molecule has 150 valence electrons. The summed E-state index contributed by atoms with van der Waals surface area (Å²) in [5.41, 5.74) is 2.80. The molecular weight excluding hydrogens is 364 g/mol. The molecule has 1 aliphatic rings. The number of amides is 1. The highest BCUT2D eigenvalue weighted by molar-refractivity contribution is 6.09. The molecule has 1 saturated heterocycles. The van der Waals surface area contributed by atoms with Crippen molar-refractivity contribution in [1.82, 2.24) is 4.90 Å². The van der Waals surface area contributed by atoms with Crippen LogP contribution >= 0.6 is 0 Å². The zero-order valence-corrected chi connectivity index (χ0v) is 16.8. The van der Waals surface area contributed by atoms with Gasteiger partial charge in [0.2, 0.25) is 0 Å². The minimum Gasteiger partial charge on any atom is -0.507 e. The number of benzene rings is 3. The Morgan fingerprint density at radius 3 is 2.76 bits per heavy atom. The maximum absolute atomic E-state index is 13.0. The average Bonchev–Trinajstić information content (AvgIpc) is 2.71. The van der Waals surface area contributed by atoms with Crippen LogP contribution in [0.1, 0.15) is 28.4 Å². The number of morpholine rings is 1. The van der Waals surface area contributed by atoms with Crippen molar-refractivity contribution in [1.29, 1.82) is 0 Å². The van der Waals surface area contributed by atoms with Gasteiger partial charge in [-0.15, -0.1) is 0 Å². The van der Waals surface area contributed by atoms with E-state index >= 15 is 0 Å². The van der Waals surface area contributed by atoms with Crippen LogP contribution in [0.4, 0.5) is 5.69 Å². The summed E-state index contributed by atoms with van der Waals surface area (Å²) < 4.78 is 5.63. The highest BCUT2D eigenvalue weighted by atomic mass is 16.5. The van der Waals surface area contributed by atoms with Crippen LogP contribution in [-0.2, 0) is 11.3 Å². The SMILES string of the molecule is Cc1ccccc1NC(=O)c1cc2ccccc2c(CN2CCOC(C)C2)c1O. The summed E-state index contributed by atoms with van der Waals surface area (Å²) in [5, 5.41) is 15.9. The molecule has 5 heteroatoms. The Morgan fingerprint density at radius 2 is 1.97 bits per heavy atom. The number of para-hydroxylation sites is 1. The summed E-state index contributed by atoms with van der Waals surface area (Å²) >= 11 is 0. The number of hydrogen-bond acceptors (Lipinski definition) is 4. The number of nitrogens with zero attached hydrogens (tertiary/aromatic N) is 1. The van der Waals surface area contributed by atoms with Crippen molar-refractivity contribution in [2.75, 3.05) is 25.0 Å². The van der Waals surface area contributed by atoms with E-state index < -0.39 is 0 Å². The molecule has 5 nitrogen and oxygen atoms in total. The standard InChI is InChI=1S/C24H26N2O3/c1-16-7-3-6-10-22(16)25-24(28)20-13-18-8-4-5-9-19(18)21(23(20)27)15-26-11-12-29-17(2)14-26/h3-10,13,17,27H,11-12,14-15H2,1-2H3,(H,25,28). The van der Waals surface area contributed by atoms with Gasteiger partial charge in [-0.3, -0.25) is 9.69 Å². The number of anilines is 1. The van der Waals surface area contributed by atoms with Crippen LogP contribution in [0.3, 0.4) is 0 Å². The molecule has 1 atom stereocenters. The zero-order chi connectivity index (χ0) is 20.4. The second kappa shape index (κ2) is 8.23. The Morgan fingerprint density at radius 1 is 1.21 bits per heavy atom. The Bertz CT molecular complexity index is 1050. The normalized spacial score (nSPS) is 17.4. The lowest BCUT2D eigenvalue weighted by molar-refractivity contribution is -0.0212. The summed E-state index contributed by atoms with van der Waals surface area (Å²) in [6, 6.07) is 17.3. The van der Waals surface area contributed by atoms with E-state index in [9.17, 15) is 9.90 Å². The molecule has 1 heterocycles. The molecule has 1 unspecified atom stereocenters. The number of hydrogen-bond donors (Lipinski definition) is 2. The van der Waals surface area contributed by atoms with Gasteiger partial charge >= 0.3 is 0 Å². The molecule has 0 aromatic heterocycles. The van der Waals surface area contributed by atoms with Gasteiger partial charge < -0.3 is 15.2 Å². The van der Waals surface area contributed by atoms with Crippen LogP contribution < -0.4 is 5.32 Å². The van der Waals surface area contributed by atoms with Crippen LogP contribution in [0.2, 0.25) is 0 Å². The van der Waals surface area contributed by atoms with E-state index in [-0.39, 0.29) is 17.8 Å². The molecule has 3 aromatic rings. The molecule has 0 aliphatic carbocycles. The Hall–Kier alpha value is -2.89. The average molecular weight is 390 g/mol. The minimum absolute atomic E-state index is 0.0499. The second-order valence-corrected chi connectivity index (χ2v) is 7.66. The fourth-order valence-corrected chi connectivity index (χ4v) is 3.91. The molecule has 2 N–H and O–H groups in total. The molecule has 1 amide bonds. The van der Waals surface area contributed by atoms with Crippen LogP contribution in [-0.4, -0.2) is 41.7 Å². The number of phenolic OH excluding ortho intramolecular Hbond substituents is 1. The molecule has 1 fully saturated rings. The van der Waals surface area contributed by atoms with Gasteiger partial charge in [-0.2, -0.15) is 0 Å². The molecule has 0 saturated carbocycles. The Labute approximate surface area is 170 Å². The maximum atomic E-state index is 13.0. The van der Waals surface area contributed by atoms with E-state index in [0.717, 1.165) is 40.7 Å². The van der Waals surface area contributed by atoms with E-state index in [0.29, 0.717) is 18.7 Å².